The van der Waals surface area contributed by atoms with Gasteiger partial charge in [0.2, 0.25) is 0 Å². The van der Waals surface area contributed by atoms with Crippen LogP contribution >= 0.6 is 0 Å². The van der Waals surface area contributed by atoms with Crippen molar-refractivity contribution in [3.63, 3.8) is 0 Å². The molecule has 0 saturated heterocycles. The van der Waals surface area contributed by atoms with Crippen molar-refractivity contribution in [2.24, 2.45) is 0 Å². The summed E-state index contributed by atoms with van der Waals surface area (Å²) in [6.45, 7) is 14.4. The summed E-state index contributed by atoms with van der Waals surface area (Å²) < 4.78 is 0. The first-order valence-electron chi connectivity index (χ1n) is 7.00. The summed E-state index contributed by atoms with van der Waals surface area (Å²) in [6, 6.07) is 6.26. The van der Waals surface area contributed by atoms with Gasteiger partial charge in [-0.05, 0) is 41.0 Å². The topological polar surface area (TPSA) is 0 Å². The van der Waals surface area contributed by atoms with E-state index in [1.54, 1.807) is 21.9 Å². The molecule has 0 saturated carbocycles. The van der Waals surface area contributed by atoms with E-state index < -0.39 is 8.07 Å². The summed E-state index contributed by atoms with van der Waals surface area (Å²) in [5.74, 6) is 1.35. The van der Waals surface area contributed by atoms with Gasteiger partial charge in [-0.3, -0.25) is 0 Å². The van der Waals surface area contributed by atoms with E-state index in [0.29, 0.717) is 11.8 Å². The van der Waals surface area contributed by atoms with Crippen LogP contribution in [0.4, 0.5) is 0 Å². The van der Waals surface area contributed by atoms with Gasteiger partial charge in [-0.1, -0.05) is 58.1 Å². The molecule has 0 bridgehead atoms. The summed E-state index contributed by atoms with van der Waals surface area (Å²) >= 11 is 0. The third-order valence-corrected chi connectivity index (χ3v) is 7.75. The average Bonchev–Trinajstić information content (AvgIpc) is 2.54. The van der Waals surface area contributed by atoms with Gasteiger partial charge in [0.25, 0.3) is 0 Å². The third-order valence-electron chi connectivity index (χ3n) is 4.30. The highest BCUT2D eigenvalue weighted by atomic mass is 28.3. The van der Waals surface area contributed by atoms with Gasteiger partial charge in [-0.2, -0.15) is 0 Å². The molecule has 0 unspecified atom stereocenters. The van der Waals surface area contributed by atoms with Crippen molar-refractivity contribution in [3.05, 3.63) is 28.8 Å². The predicted octanol–water partition coefficient (Wildman–Crippen LogP) is 4.40. The van der Waals surface area contributed by atoms with Crippen LogP contribution in [-0.4, -0.2) is 8.07 Å². The van der Waals surface area contributed by atoms with Gasteiger partial charge in [-0.15, -0.1) is 0 Å². The molecule has 0 radical (unpaired) electrons. The Balaban J connectivity index is 2.67. The number of fused-ring (bicyclic) bond motifs is 1. The Morgan fingerprint density at radius 1 is 0.941 bits per heavy atom. The number of benzene rings is 1. The van der Waals surface area contributed by atoms with E-state index in [-0.39, 0.29) is 0 Å². The summed E-state index contributed by atoms with van der Waals surface area (Å²) in [5, 5.41) is 1.80. The van der Waals surface area contributed by atoms with E-state index in [0.717, 1.165) is 0 Å². The van der Waals surface area contributed by atoms with Gasteiger partial charge in [-0.25, -0.2) is 0 Å². The normalized spacial score (nSPS) is 17.9. The number of rotatable bonds is 2. The average molecular weight is 246 g/mol. The Bertz CT molecular complexity index is 427. The number of hydrogen-bond donors (Lipinski definition) is 0. The molecule has 0 N–H and O–H groups in total. The van der Waals surface area contributed by atoms with Crippen LogP contribution in [0, 0.1) is 0 Å². The second kappa shape index (κ2) is 4.27. The van der Waals surface area contributed by atoms with Crippen molar-refractivity contribution in [2.45, 2.75) is 65.1 Å². The van der Waals surface area contributed by atoms with Crippen LogP contribution in [-0.2, 0) is 6.42 Å². The molecular weight excluding hydrogens is 220 g/mol. The fraction of sp³-hybridized carbons (Fsp3) is 0.625. The van der Waals surface area contributed by atoms with E-state index in [1.165, 1.54) is 12.5 Å². The zero-order valence-corrected chi connectivity index (χ0v) is 13.2. The zero-order valence-electron chi connectivity index (χ0n) is 12.2. The van der Waals surface area contributed by atoms with Crippen molar-refractivity contribution in [3.8, 4) is 0 Å². The van der Waals surface area contributed by atoms with E-state index >= 15 is 0 Å². The largest absolute Gasteiger partial charge is 0.0817 e. The SMILES string of the molecule is CC(C)c1ccc(C(C)C)c2c1CC[Si]2(C)C. The lowest BCUT2D eigenvalue weighted by Crippen LogP contribution is -2.41. The van der Waals surface area contributed by atoms with Crippen molar-refractivity contribution in [1.82, 2.24) is 0 Å². The van der Waals surface area contributed by atoms with Gasteiger partial charge in [0.05, 0.1) is 8.07 Å². The first kappa shape index (κ1) is 12.9. The molecule has 0 amide bonds. The quantitative estimate of drug-likeness (QED) is 0.678. The van der Waals surface area contributed by atoms with Crippen LogP contribution in [0.2, 0.25) is 19.1 Å². The molecule has 1 aliphatic heterocycles. The zero-order chi connectivity index (χ0) is 12.8. The highest BCUT2D eigenvalue weighted by Gasteiger charge is 2.36. The smallest absolute Gasteiger partial charge is 0.0654 e. The lowest BCUT2D eigenvalue weighted by atomic mass is 9.91. The van der Waals surface area contributed by atoms with Crippen molar-refractivity contribution < 1.29 is 0 Å². The molecule has 1 heterocycles. The van der Waals surface area contributed by atoms with Crippen LogP contribution in [0.3, 0.4) is 0 Å². The molecule has 94 valence electrons. The molecule has 0 spiro atoms. The Kier molecular flexibility index (Phi) is 3.24. The van der Waals surface area contributed by atoms with Crippen LogP contribution in [0.1, 0.15) is 56.2 Å². The predicted molar refractivity (Wildman–Crippen MR) is 80.2 cm³/mol. The highest BCUT2D eigenvalue weighted by Crippen LogP contribution is 2.33. The summed E-state index contributed by atoms with van der Waals surface area (Å²) in [5.41, 5.74) is 4.98. The Hall–Kier alpha value is -0.563. The standard InChI is InChI=1S/C16H26Si/c1-11(2)13-7-8-14(12(3)4)16-15(13)9-10-17(16,5)6/h7-8,11-12H,9-10H2,1-6H3. The lowest BCUT2D eigenvalue weighted by Gasteiger charge is -2.24. The maximum atomic E-state index is 2.55. The van der Waals surface area contributed by atoms with E-state index in [2.05, 4.69) is 52.9 Å². The van der Waals surface area contributed by atoms with Gasteiger partial charge >= 0.3 is 0 Å². The maximum Gasteiger partial charge on any atom is 0.0817 e. The van der Waals surface area contributed by atoms with E-state index in [9.17, 15) is 0 Å². The highest BCUT2D eigenvalue weighted by molar-refractivity contribution is 6.91. The minimum Gasteiger partial charge on any atom is -0.0654 e. The van der Waals surface area contributed by atoms with Crippen LogP contribution < -0.4 is 5.19 Å². The minimum absolute atomic E-state index is 0.674. The molecule has 0 atom stereocenters. The fourth-order valence-electron chi connectivity index (χ4n) is 3.34. The van der Waals surface area contributed by atoms with Gasteiger partial charge in [0.15, 0.2) is 0 Å². The van der Waals surface area contributed by atoms with E-state index in [4.69, 9.17) is 0 Å². The summed E-state index contributed by atoms with van der Waals surface area (Å²) in [7, 11) is -1.15. The second-order valence-electron chi connectivity index (χ2n) is 6.79. The molecule has 1 aromatic carbocycles. The third kappa shape index (κ3) is 2.10. The first-order chi connectivity index (χ1) is 7.84. The number of hydrogen-bond acceptors (Lipinski definition) is 0. The second-order valence-corrected chi connectivity index (χ2v) is 11.6. The summed E-state index contributed by atoms with van der Waals surface area (Å²) in [6.07, 6.45) is 1.34. The Labute approximate surface area is 107 Å². The maximum absolute atomic E-state index is 2.55. The van der Waals surface area contributed by atoms with Crippen LogP contribution in [0.15, 0.2) is 12.1 Å². The lowest BCUT2D eigenvalue weighted by molar-refractivity contribution is 0.836. The molecule has 17 heavy (non-hydrogen) atoms. The van der Waals surface area contributed by atoms with Crippen molar-refractivity contribution in [2.75, 3.05) is 0 Å². The van der Waals surface area contributed by atoms with Crippen LogP contribution in [0.5, 0.6) is 0 Å². The molecule has 0 aliphatic carbocycles. The minimum atomic E-state index is -1.15. The molecule has 0 nitrogen and oxygen atoms in total. The molecule has 2 rings (SSSR count). The van der Waals surface area contributed by atoms with Crippen molar-refractivity contribution in [1.29, 1.82) is 0 Å². The van der Waals surface area contributed by atoms with Gasteiger partial charge < -0.3 is 0 Å². The van der Waals surface area contributed by atoms with Crippen molar-refractivity contribution >= 4 is 13.3 Å². The molecule has 1 heteroatoms. The van der Waals surface area contributed by atoms with E-state index in [1.807, 2.05) is 0 Å². The van der Waals surface area contributed by atoms with Gasteiger partial charge in [0, 0.05) is 0 Å². The van der Waals surface area contributed by atoms with Crippen LogP contribution in [0.25, 0.3) is 0 Å². The molecule has 1 aromatic rings. The monoisotopic (exact) mass is 246 g/mol. The first-order valence-corrected chi connectivity index (χ1v) is 10.2. The molecule has 0 fully saturated rings. The molecule has 1 aliphatic rings. The molecule has 0 aromatic heterocycles. The molecular formula is C16H26Si. The summed E-state index contributed by atoms with van der Waals surface area (Å²) in [4.78, 5) is 0. The fourth-order valence-corrected chi connectivity index (χ4v) is 6.70. The van der Waals surface area contributed by atoms with Gasteiger partial charge in [0.1, 0.15) is 0 Å². The Morgan fingerprint density at radius 3 is 2.00 bits per heavy atom. The Morgan fingerprint density at radius 2 is 1.47 bits per heavy atom.